The number of ketones is 1. The summed E-state index contributed by atoms with van der Waals surface area (Å²) in [5.41, 5.74) is 5.42. The number of benzene rings is 1. The van der Waals surface area contributed by atoms with Crippen LogP contribution in [0.3, 0.4) is 0 Å². The number of nitrogens with two attached hydrogens (primary N) is 1. The Hall–Kier alpha value is -1.77. The van der Waals surface area contributed by atoms with Crippen LogP contribution in [0.25, 0.3) is 0 Å². The van der Waals surface area contributed by atoms with Crippen molar-refractivity contribution in [3.8, 4) is 5.75 Å². The van der Waals surface area contributed by atoms with Crippen LogP contribution < -0.4 is 10.5 Å². The maximum absolute atomic E-state index is 12.6. The smallest absolute Gasteiger partial charge is 0.311 e. The van der Waals surface area contributed by atoms with Gasteiger partial charge in [-0.2, -0.15) is 8.42 Å². The number of Topliss-reactive ketones (excluding diaryl/α,β-unsaturated/α-hetero) is 1. The number of unbranched alkanes of at least 4 members (excludes halogenated alkanes) is 7. The largest absolute Gasteiger partial charge is 0.424 e. The molecule has 29 heavy (non-hydrogen) atoms. The van der Waals surface area contributed by atoms with Gasteiger partial charge in [-0.25, -0.2) is 0 Å². The number of ether oxygens (including phenoxy) is 1. The van der Waals surface area contributed by atoms with Crippen molar-refractivity contribution in [2.24, 2.45) is 5.73 Å². The molecule has 8 heteroatoms. The second-order valence-corrected chi connectivity index (χ2v) is 8.51. The summed E-state index contributed by atoms with van der Waals surface area (Å²) in [6.07, 6.45) is 8.40. The molecule has 0 amide bonds. The lowest BCUT2D eigenvalue weighted by Gasteiger charge is -2.13. The third-order valence-corrected chi connectivity index (χ3v) is 5.49. The number of carbonyl (C=O) groups is 2. The Kier molecular flexibility index (Phi) is 11.7. The number of para-hydroxylation sites is 1. The molecular formula is C21H33NO6S. The van der Waals surface area contributed by atoms with Crippen LogP contribution in [0.4, 0.5) is 0 Å². The van der Waals surface area contributed by atoms with Crippen molar-refractivity contribution >= 4 is 21.9 Å². The standard InChI is InChI=1S/C21H33NO6S/c1-2-3-4-5-6-8-13-18(23)17-12-11-14-19(29(25,26)27)21(17)28-20(24)15-9-7-10-16-22/h11-12,14H,2-10,13,15-16,22H2,1H3,(H,25,26,27). The highest BCUT2D eigenvalue weighted by Gasteiger charge is 2.25. The molecule has 0 unspecified atom stereocenters. The number of rotatable bonds is 15. The van der Waals surface area contributed by atoms with Crippen LogP contribution in [0.15, 0.2) is 23.1 Å². The molecule has 0 bridgehead atoms. The Labute approximate surface area is 173 Å². The summed E-state index contributed by atoms with van der Waals surface area (Å²) in [6.45, 7) is 2.66. The highest BCUT2D eigenvalue weighted by atomic mass is 32.2. The van der Waals surface area contributed by atoms with Crippen molar-refractivity contribution in [2.45, 2.75) is 82.4 Å². The fraction of sp³-hybridized carbons (Fsp3) is 0.619. The summed E-state index contributed by atoms with van der Waals surface area (Å²) >= 11 is 0. The van der Waals surface area contributed by atoms with Gasteiger partial charge in [-0.3, -0.25) is 14.1 Å². The minimum Gasteiger partial charge on any atom is -0.424 e. The second kappa shape index (κ2) is 13.5. The van der Waals surface area contributed by atoms with E-state index in [4.69, 9.17) is 10.5 Å². The minimum atomic E-state index is -4.65. The number of hydrogen-bond donors (Lipinski definition) is 2. The van der Waals surface area contributed by atoms with Gasteiger partial charge in [0.2, 0.25) is 0 Å². The van der Waals surface area contributed by atoms with E-state index >= 15 is 0 Å². The van der Waals surface area contributed by atoms with Gasteiger partial charge >= 0.3 is 5.97 Å². The molecule has 0 aliphatic heterocycles. The van der Waals surface area contributed by atoms with Crippen LogP contribution in [0.5, 0.6) is 5.75 Å². The van der Waals surface area contributed by atoms with Gasteiger partial charge < -0.3 is 10.5 Å². The molecule has 3 N–H and O–H groups in total. The Morgan fingerprint density at radius 1 is 0.966 bits per heavy atom. The third kappa shape index (κ3) is 9.51. The van der Waals surface area contributed by atoms with Crippen LogP contribution in [-0.4, -0.2) is 31.3 Å². The quantitative estimate of drug-likeness (QED) is 0.141. The molecule has 0 spiro atoms. The zero-order valence-corrected chi connectivity index (χ0v) is 18.0. The number of carbonyl (C=O) groups excluding carboxylic acids is 2. The lowest BCUT2D eigenvalue weighted by Crippen LogP contribution is -2.15. The molecule has 1 aromatic rings. The molecule has 7 nitrogen and oxygen atoms in total. The maximum atomic E-state index is 12.6. The predicted octanol–water partition coefficient (Wildman–Crippen LogP) is 4.29. The van der Waals surface area contributed by atoms with Crippen molar-refractivity contribution in [1.29, 1.82) is 0 Å². The topological polar surface area (TPSA) is 124 Å². The Morgan fingerprint density at radius 2 is 1.59 bits per heavy atom. The molecule has 1 rings (SSSR count). The normalized spacial score (nSPS) is 11.4. The molecule has 0 aliphatic carbocycles. The fourth-order valence-electron chi connectivity index (χ4n) is 3.00. The molecule has 0 atom stereocenters. The number of hydrogen-bond acceptors (Lipinski definition) is 6. The highest BCUT2D eigenvalue weighted by Crippen LogP contribution is 2.30. The summed E-state index contributed by atoms with van der Waals surface area (Å²) in [6, 6.07) is 3.90. The van der Waals surface area contributed by atoms with Gasteiger partial charge in [-0.1, -0.05) is 51.5 Å². The molecule has 164 valence electrons. The summed E-state index contributed by atoms with van der Waals surface area (Å²) < 4.78 is 38.1. The molecule has 0 aromatic heterocycles. The Morgan fingerprint density at radius 3 is 2.24 bits per heavy atom. The molecule has 0 radical (unpaired) electrons. The van der Waals surface area contributed by atoms with Crippen molar-refractivity contribution < 1.29 is 27.3 Å². The molecular weight excluding hydrogens is 394 g/mol. The van der Waals surface area contributed by atoms with Crippen molar-refractivity contribution in [3.63, 3.8) is 0 Å². The molecule has 0 heterocycles. The first-order chi connectivity index (χ1) is 13.8. The average Bonchev–Trinajstić information content (AvgIpc) is 2.67. The molecule has 0 aliphatic rings. The summed E-state index contributed by atoms with van der Waals surface area (Å²) in [5.74, 6) is -1.33. The molecule has 0 saturated heterocycles. The van der Waals surface area contributed by atoms with Crippen LogP contribution in [0.1, 0.15) is 87.9 Å². The van der Waals surface area contributed by atoms with Crippen LogP contribution >= 0.6 is 0 Å². The first kappa shape index (κ1) is 25.3. The summed E-state index contributed by atoms with van der Waals surface area (Å²) in [7, 11) is -4.65. The molecule has 0 fully saturated rings. The van der Waals surface area contributed by atoms with E-state index in [9.17, 15) is 22.6 Å². The van der Waals surface area contributed by atoms with E-state index in [2.05, 4.69) is 6.92 Å². The summed E-state index contributed by atoms with van der Waals surface area (Å²) in [4.78, 5) is 24.2. The van der Waals surface area contributed by atoms with E-state index in [0.717, 1.165) is 51.0 Å². The van der Waals surface area contributed by atoms with E-state index in [1.807, 2.05) is 0 Å². The molecule has 0 saturated carbocycles. The van der Waals surface area contributed by atoms with Gasteiger partial charge in [-0.05, 0) is 37.9 Å². The van der Waals surface area contributed by atoms with Gasteiger partial charge in [0.15, 0.2) is 11.5 Å². The lowest BCUT2D eigenvalue weighted by atomic mass is 10.0. The van der Waals surface area contributed by atoms with Crippen LogP contribution in [0, 0.1) is 0 Å². The van der Waals surface area contributed by atoms with Gasteiger partial charge in [0.1, 0.15) is 4.90 Å². The monoisotopic (exact) mass is 427 g/mol. The van der Waals surface area contributed by atoms with E-state index in [0.29, 0.717) is 19.4 Å². The second-order valence-electron chi connectivity index (χ2n) is 7.12. The van der Waals surface area contributed by atoms with Crippen molar-refractivity contribution in [2.75, 3.05) is 6.54 Å². The van der Waals surface area contributed by atoms with E-state index in [1.54, 1.807) is 0 Å². The van der Waals surface area contributed by atoms with Gasteiger partial charge in [0, 0.05) is 12.8 Å². The van der Waals surface area contributed by atoms with Gasteiger partial charge in [0.25, 0.3) is 10.1 Å². The maximum Gasteiger partial charge on any atom is 0.311 e. The van der Waals surface area contributed by atoms with Crippen molar-refractivity contribution in [1.82, 2.24) is 0 Å². The van der Waals surface area contributed by atoms with Crippen molar-refractivity contribution in [3.05, 3.63) is 23.8 Å². The number of esters is 1. The predicted molar refractivity (Wildman–Crippen MR) is 112 cm³/mol. The fourth-order valence-corrected chi connectivity index (χ4v) is 3.64. The average molecular weight is 428 g/mol. The lowest BCUT2D eigenvalue weighted by molar-refractivity contribution is -0.134. The SMILES string of the molecule is CCCCCCCCC(=O)c1cccc(S(=O)(=O)O)c1OC(=O)CCCCCN. The van der Waals surface area contributed by atoms with Crippen LogP contribution in [-0.2, 0) is 14.9 Å². The first-order valence-corrected chi connectivity index (χ1v) is 11.8. The first-order valence-electron chi connectivity index (χ1n) is 10.4. The van der Waals surface area contributed by atoms with E-state index in [1.165, 1.54) is 12.1 Å². The van der Waals surface area contributed by atoms with Gasteiger partial charge in [-0.15, -0.1) is 0 Å². The zero-order valence-electron chi connectivity index (χ0n) is 17.2. The highest BCUT2D eigenvalue weighted by molar-refractivity contribution is 7.86. The van der Waals surface area contributed by atoms with Gasteiger partial charge in [0.05, 0.1) is 5.56 Å². The van der Waals surface area contributed by atoms with E-state index < -0.39 is 21.0 Å². The van der Waals surface area contributed by atoms with E-state index in [-0.39, 0.29) is 29.9 Å². The third-order valence-electron chi connectivity index (χ3n) is 4.62. The van der Waals surface area contributed by atoms with Crippen LogP contribution in [0.2, 0.25) is 0 Å². The summed E-state index contributed by atoms with van der Waals surface area (Å²) in [5, 5.41) is 0. The Balaban J connectivity index is 2.88. The molecule has 1 aromatic carbocycles. The zero-order chi connectivity index (χ0) is 21.7. The Bertz CT molecular complexity index is 760. The minimum absolute atomic E-state index is 0.00370.